The Morgan fingerprint density at radius 2 is 1.86 bits per heavy atom. The molecule has 2 amide bonds. The van der Waals surface area contributed by atoms with Gasteiger partial charge in [-0.2, -0.15) is 0 Å². The molecule has 116 valence electrons. The highest BCUT2D eigenvalue weighted by atomic mass is 32.1. The van der Waals surface area contributed by atoms with E-state index in [9.17, 15) is 9.59 Å². The van der Waals surface area contributed by atoms with E-state index in [2.05, 4.69) is 15.6 Å². The molecule has 0 spiro atoms. The second-order valence-electron chi connectivity index (χ2n) is 4.54. The predicted molar refractivity (Wildman–Crippen MR) is 86.6 cm³/mol. The number of anilines is 2. The number of hydrogen-bond acceptors (Lipinski definition) is 5. The van der Waals surface area contributed by atoms with Crippen molar-refractivity contribution < 1.29 is 14.3 Å². The summed E-state index contributed by atoms with van der Waals surface area (Å²) in [7, 11) is 0. The van der Waals surface area contributed by atoms with Gasteiger partial charge in [0.1, 0.15) is 0 Å². The van der Waals surface area contributed by atoms with Crippen molar-refractivity contribution in [2.45, 2.75) is 20.8 Å². The molecule has 2 aromatic rings. The first-order chi connectivity index (χ1) is 10.5. The number of carbonyl (C=O) groups is 2. The number of aromatic nitrogens is 1. The van der Waals surface area contributed by atoms with E-state index >= 15 is 0 Å². The lowest BCUT2D eigenvalue weighted by molar-refractivity contribution is 0.0526. The molecule has 2 N–H and O–H groups in total. The van der Waals surface area contributed by atoms with Gasteiger partial charge in [-0.1, -0.05) is 0 Å². The average Bonchev–Trinajstić information content (AvgIpc) is 2.78. The van der Waals surface area contributed by atoms with E-state index in [1.54, 1.807) is 31.2 Å². The van der Waals surface area contributed by atoms with Crippen LogP contribution in [0.1, 0.15) is 27.9 Å². The molecule has 0 saturated carbocycles. The van der Waals surface area contributed by atoms with Crippen LogP contribution in [0.25, 0.3) is 0 Å². The van der Waals surface area contributed by atoms with Crippen molar-refractivity contribution in [1.29, 1.82) is 0 Å². The predicted octanol–water partition coefficient (Wildman–Crippen LogP) is 3.58. The fraction of sp³-hybridized carbons (Fsp3) is 0.267. The molecule has 0 aliphatic carbocycles. The SMILES string of the molecule is CCOC(=O)c1ccc(NC(=O)Nc2nc(C)c(C)s2)cc1. The average molecular weight is 319 g/mol. The summed E-state index contributed by atoms with van der Waals surface area (Å²) < 4.78 is 4.90. The zero-order valence-electron chi connectivity index (χ0n) is 12.6. The number of amides is 2. The van der Waals surface area contributed by atoms with Gasteiger partial charge in [0, 0.05) is 10.6 Å². The van der Waals surface area contributed by atoms with Crippen molar-refractivity contribution >= 4 is 34.2 Å². The Kier molecular flexibility index (Phi) is 5.11. The molecule has 0 radical (unpaired) electrons. The van der Waals surface area contributed by atoms with Crippen LogP contribution < -0.4 is 10.6 Å². The summed E-state index contributed by atoms with van der Waals surface area (Å²) in [6.07, 6.45) is 0. The molecule has 2 rings (SSSR count). The summed E-state index contributed by atoms with van der Waals surface area (Å²) in [5.74, 6) is -0.382. The number of aryl methyl sites for hydroxylation is 2. The number of nitrogens with zero attached hydrogens (tertiary/aromatic N) is 1. The van der Waals surface area contributed by atoms with Crippen LogP contribution in [0, 0.1) is 13.8 Å². The summed E-state index contributed by atoms with van der Waals surface area (Å²) >= 11 is 1.42. The van der Waals surface area contributed by atoms with Gasteiger partial charge < -0.3 is 10.1 Å². The van der Waals surface area contributed by atoms with Crippen LogP contribution in [-0.4, -0.2) is 23.6 Å². The molecule has 0 aliphatic rings. The highest BCUT2D eigenvalue weighted by molar-refractivity contribution is 7.15. The maximum Gasteiger partial charge on any atom is 0.338 e. The lowest BCUT2D eigenvalue weighted by Gasteiger charge is -2.06. The number of carbonyl (C=O) groups excluding carboxylic acids is 2. The Morgan fingerprint density at radius 1 is 1.18 bits per heavy atom. The number of urea groups is 1. The van der Waals surface area contributed by atoms with Crippen LogP contribution in [0.5, 0.6) is 0 Å². The van der Waals surface area contributed by atoms with Gasteiger partial charge >= 0.3 is 12.0 Å². The Labute approximate surface area is 132 Å². The molecule has 0 fully saturated rings. The summed E-state index contributed by atoms with van der Waals surface area (Å²) in [5, 5.41) is 5.91. The van der Waals surface area contributed by atoms with E-state index in [-0.39, 0.29) is 12.0 Å². The molecule has 6 nitrogen and oxygen atoms in total. The van der Waals surface area contributed by atoms with Gasteiger partial charge in [0.2, 0.25) is 0 Å². The molecule has 0 aliphatic heterocycles. The Hall–Kier alpha value is -2.41. The van der Waals surface area contributed by atoms with Gasteiger partial charge in [0.05, 0.1) is 17.9 Å². The monoisotopic (exact) mass is 319 g/mol. The van der Waals surface area contributed by atoms with Gasteiger partial charge in [-0.05, 0) is 45.0 Å². The number of nitrogens with one attached hydrogen (secondary N) is 2. The second-order valence-corrected chi connectivity index (χ2v) is 5.74. The fourth-order valence-corrected chi connectivity index (χ4v) is 2.50. The smallest absolute Gasteiger partial charge is 0.338 e. The highest BCUT2D eigenvalue weighted by Gasteiger charge is 2.09. The Bertz CT molecular complexity index is 660. The minimum absolute atomic E-state index is 0.327. The molecular formula is C15H17N3O3S. The highest BCUT2D eigenvalue weighted by Crippen LogP contribution is 2.21. The molecule has 22 heavy (non-hydrogen) atoms. The molecule has 1 aromatic carbocycles. The largest absolute Gasteiger partial charge is 0.462 e. The van der Waals surface area contributed by atoms with Gasteiger partial charge in [-0.25, -0.2) is 14.6 Å². The first-order valence-corrected chi connectivity index (χ1v) is 7.60. The zero-order valence-corrected chi connectivity index (χ0v) is 13.4. The minimum atomic E-state index is -0.382. The number of benzene rings is 1. The summed E-state index contributed by atoms with van der Waals surface area (Å²) in [6.45, 7) is 5.92. The van der Waals surface area contributed by atoms with E-state index in [0.717, 1.165) is 10.6 Å². The fourth-order valence-electron chi connectivity index (χ4n) is 1.69. The molecular weight excluding hydrogens is 302 g/mol. The van der Waals surface area contributed by atoms with Crippen LogP contribution in [0.4, 0.5) is 15.6 Å². The van der Waals surface area contributed by atoms with Crippen molar-refractivity contribution in [3.05, 3.63) is 40.4 Å². The van der Waals surface area contributed by atoms with E-state index in [1.165, 1.54) is 11.3 Å². The van der Waals surface area contributed by atoms with Crippen molar-refractivity contribution in [1.82, 2.24) is 4.98 Å². The Morgan fingerprint density at radius 3 is 2.41 bits per heavy atom. The number of thiazole rings is 1. The topological polar surface area (TPSA) is 80.3 Å². The van der Waals surface area contributed by atoms with Crippen molar-refractivity contribution in [3.8, 4) is 0 Å². The quantitative estimate of drug-likeness (QED) is 0.844. The molecule has 7 heteroatoms. The number of ether oxygens (including phenoxy) is 1. The molecule has 1 heterocycles. The van der Waals surface area contributed by atoms with Crippen molar-refractivity contribution in [3.63, 3.8) is 0 Å². The summed E-state index contributed by atoms with van der Waals surface area (Å²) in [6, 6.07) is 6.11. The normalized spacial score (nSPS) is 10.1. The Balaban J connectivity index is 1.95. The van der Waals surface area contributed by atoms with Crippen LogP contribution in [0.15, 0.2) is 24.3 Å². The third-order valence-corrected chi connectivity index (χ3v) is 3.89. The minimum Gasteiger partial charge on any atom is -0.462 e. The summed E-state index contributed by atoms with van der Waals surface area (Å²) in [4.78, 5) is 28.7. The molecule has 0 saturated heterocycles. The maximum atomic E-state index is 11.9. The lowest BCUT2D eigenvalue weighted by Crippen LogP contribution is -2.19. The molecule has 1 aromatic heterocycles. The number of esters is 1. The third kappa shape index (κ3) is 4.05. The maximum absolute atomic E-state index is 11.9. The number of hydrogen-bond donors (Lipinski definition) is 2. The second kappa shape index (κ2) is 7.04. The third-order valence-electron chi connectivity index (χ3n) is 2.90. The van der Waals surface area contributed by atoms with Crippen LogP contribution >= 0.6 is 11.3 Å². The molecule has 0 bridgehead atoms. The van der Waals surface area contributed by atoms with Gasteiger partial charge in [0.15, 0.2) is 5.13 Å². The van der Waals surface area contributed by atoms with Gasteiger partial charge in [0.25, 0.3) is 0 Å². The van der Waals surface area contributed by atoms with Crippen LogP contribution in [0.3, 0.4) is 0 Å². The number of rotatable bonds is 4. The molecule has 0 unspecified atom stereocenters. The van der Waals surface area contributed by atoms with E-state index < -0.39 is 0 Å². The van der Waals surface area contributed by atoms with Crippen LogP contribution in [0.2, 0.25) is 0 Å². The van der Waals surface area contributed by atoms with E-state index in [0.29, 0.717) is 23.0 Å². The van der Waals surface area contributed by atoms with Crippen molar-refractivity contribution in [2.24, 2.45) is 0 Å². The van der Waals surface area contributed by atoms with Gasteiger partial charge in [-0.15, -0.1) is 11.3 Å². The zero-order chi connectivity index (χ0) is 16.1. The molecule has 0 atom stereocenters. The lowest BCUT2D eigenvalue weighted by atomic mass is 10.2. The first kappa shape index (κ1) is 16.0. The van der Waals surface area contributed by atoms with E-state index in [1.807, 2.05) is 13.8 Å². The van der Waals surface area contributed by atoms with E-state index in [4.69, 9.17) is 4.74 Å². The van der Waals surface area contributed by atoms with Gasteiger partial charge in [-0.3, -0.25) is 5.32 Å². The van der Waals surface area contributed by atoms with Crippen LogP contribution in [-0.2, 0) is 4.74 Å². The van der Waals surface area contributed by atoms with Crippen molar-refractivity contribution in [2.75, 3.05) is 17.2 Å². The first-order valence-electron chi connectivity index (χ1n) is 6.78. The standard InChI is InChI=1S/C15H17N3O3S/c1-4-21-13(19)11-5-7-12(8-6-11)17-14(20)18-15-16-9(2)10(3)22-15/h5-8H,4H2,1-3H3,(H2,16,17,18,20). The summed E-state index contributed by atoms with van der Waals surface area (Å²) in [5.41, 5.74) is 1.92.